The van der Waals surface area contributed by atoms with Gasteiger partial charge in [-0.3, -0.25) is 4.79 Å². The number of ether oxygens (including phenoxy) is 1. The first-order valence-electron chi connectivity index (χ1n) is 6.54. The van der Waals surface area contributed by atoms with Crippen molar-refractivity contribution in [3.63, 3.8) is 0 Å². The second kappa shape index (κ2) is 5.17. The average Bonchev–Trinajstić information content (AvgIpc) is 2.94. The summed E-state index contributed by atoms with van der Waals surface area (Å²) in [4.78, 5) is 14.1. The first-order valence-corrected chi connectivity index (χ1v) is 7.42. The molecule has 0 N–H and O–H groups in total. The number of fused-ring (bicyclic) bond motifs is 1. The summed E-state index contributed by atoms with van der Waals surface area (Å²) in [5.74, 6) is 0.873. The van der Waals surface area contributed by atoms with Crippen molar-refractivity contribution in [2.24, 2.45) is 0 Å². The van der Waals surface area contributed by atoms with Gasteiger partial charge in [0, 0.05) is 10.8 Å². The number of hydrogen-bond donors (Lipinski definition) is 0. The Morgan fingerprint density at radius 1 is 1.32 bits per heavy atom. The highest BCUT2D eigenvalue weighted by Crippen LogP contribution is 2.38. The molecule has 19 heavy (non-hydrogen) atoms. The number of Topliss-reactive ketones (excluding diaryl/α,β-unsaturated/α-hetero) is 1. The molecular weight excluding hydrogens is 256 g/mol. The molecule has 2 aromatic rings. The van der Waals surface area contributed by atoms with E-state index in [1.54, 1.807) is 18.4 Å². The van der Waals surface area contributed by atoms with Gasteiger partial charge in [-0.25, -0.2) is 0 Å². The molecule has 98 valence electrons. The summed E-state index contributed by atoms with van der Waals surface area (Å²) in [6.45, 7) is 0. The molecule has 0 amide bonds. The highest BCUT2D eigenvalue weighted by molar-refractivity contribution is 7.10. The Hall–Kier alpha value is -1.61. The maximum atomic E-state index is 12.8. The van der Waals surface area contributed by atoms with E-state index in [4.69, 9.17) is 4.74 Å². The summed E-state index contributed by atoms with van der Waals surface area (Å²) >= 11 is 1.77. The average molecular weight is 272 g/mol. The maximum absolute atomic E-state index is 12.8. The van der Waals surface area contributed by atoms with Crippen molar-refractivity contribution < 1.29 is 9.53 Å². The van der Waals surface area contributed by atoms with Gasteiger partial charge in [0.25, 0.3) is 0 Å². The number of carbonyl (C=O) groups is 1. The largest absolute Gasteiger partial charge is 0.496 e. The molecule has 2 nitrogen and oxygen atoms in total. The van der Waals surface area contributed by atoms with E-state index in [0.717, 1.165) is 19.3 Å². The molecule has 0 saturated carbocycles. The minimum Gasteiger partial charge on any atom is -0.496 e. The van der Waals surface area contributed by atoms with Crippen LogP contribution in [0.15, 0.2) is 35.7 Å². The first kappa shape index (κ1) is 12.4. The number of methoxy groups -OCH3 is 1. The van der Waals surface area contributed by atoms with E-state index in [-0.39, 0.29) is 11.7 Å². The molecule has 1 aromatic carbocycles. The zero-order valence-corrected chi connectivity index (χ0v) is 11.7. The number of para-hydroxylation sites is 1. The second-order valence-corrected chi connectivity index (χ2v) is 5.81. The highest BCUT2D eigenvalue weighted by atomic mass is 32.1. The standard InChI is InChI=1S/C16H16O2S/c1-18-14-7-3-2-5-13(14)16(17)12-6-4-8-15-11(12)9-10-19-15/h2-3,5,7,9-10,12H,4,6,8H2,1H3. The number of ketones is 1. The number of rotatable bonds is 3. The summed E-state index contributed by atoms with van der Waals surface area (Å²) in [5.41, 5.74) is 1.93. The maximum Gasteiger partial charge on any atom is 0.174 e. The Balaban J connectivity index is 1.98. The SMILES string of the molecule is COc1ccccc1C(=O)C1CCCc2sccc21. The van der Waals surface area contributed by atoms with Crippen molar-refractivity contribution in [2.75, 3.05) is 7.11 Å². The van der Waals surface area contributed by atoms with Gasteiger partial charge in [0.2, 0.25) is 0 Å². The third-order valence-electron chi connectivity index (χ3n) is 3.74. The van der Waals surface area contributed by atoms with Gasteiger partial charge < -0.3 is 4.74 Å². The number of hydrogen-bond acceptors (Lipinski definition) is 3. The number of benzene rings is 1. The van der Waals surface area contributed by atoms with Crippen LogP contribution in [0, 0.1) is 0 Å². The van der Waals surface area contributed by atoms with Crippen LogP contribution in [0.25, 0.3) is 0 Å². The van der Waals surface area contributed by atoms with Crippen molar-refractivity contribution in [2.45, 2.75) is 25.2 Å². The molecule has 1 aliphatic carbocycles. The highest BCUT2D eigenvalue weighted by Gasteiger charge is 2.29. The number of aryl methyl sites for hydroxylation is 1. The van der Waals surface area contributed by atoms with Gasteiger partial charge in [-0.05, 0) is 48.4 Å². The lowest BCUT2D eigenvalue weighted by atomic mass is 9.82. The normalized spacial score (nSPS) is 17.8. The van der Waals surface area contributed by atoms with Gasteiger partial charge in [0.1, 0.15) is 5.75 Å². The van der Waals surface area contributed by atoms with Crippen LogP contribution < -0.4 is 4.74 Å². The quantitative estimate of drug-likeness (QED) is 0.788. The molecule has 0 bridgehead atoms. The minimum atomic E-state index is 0.00583. The van der Waals surface area contributed by atoms with Gasteiger partial charge in [-0.2, -0.15) is 0 Å². The zero-order valence-electron chi connectivity index (χ0n) is 10.9. The van der Waals surface area contributed by atoms with Crippen LogP contribution in [0.3, 0.4) is 0 Å². The molecular formula is C16H16O2S. The van der Waals surface area contributed by atoms with E-state index in [0.29, 0.717) is 11.3 Å². The fraction of sp³-hybridized carbons (Fsp3) is 0.312. The predicted octanol–water partition coefficient (Wildman–Crippen LogP) is 4.06. The fourth-order valence-electron chi connectivity index (χ4n) is 2.79. The number of carbonyl (C=O) groups excluding carboxylic acids is 1. The predicted molar refractivity (Wildman–Crippen MR) is 77.3 cm³/mol. The summed E-state index contributed by atoms with van der Waals surface area (Å²) in [5, 5.41) is 2.10. The number of thiophene rings is 1. The van der Waals surface area contributed by atoms with E-state index >= 15 is 0 Å². The summed E-state index contributed by atoms with van der Waals surface area (Å²) in [6.07, 6.45) is 3.16. The van der Waals surface area contributed by atoms with E-state index in [1.807, 2.05) is 24.3 Å². The van der Waals surface area contributed by atoms with E-state index in [9.17, 15) is 4.79 Å². The van der Waals surface area contributed by atoms with Crippen LogP contribution in [0.4, 0.5) is 0 Å². The smallest absolute Gasteiger partial charge is 0.174 e. The van der Waals surface area contributed by atoms with Gasteiger partial charge >= 0.3 is 0 Å². The van der Waals surface area contributed by atoms with Crippen molar-refractivity contribution in [1.82, 2.24) is 0 Å². The molecule has 1 heterocycles. The van der Waals surface area contributed by atoms with Gasteiger partial charge in [-0.1, -0.05) is 12.1 Å². The van der Waals surface area contributed by atoms with Gasteiger partial charge in [0.05, 0.1) is 12.7 Å². The Kier molecular flexibility index (Phi) is 3.38. The van der Waals surface area contributed by atoms with Gasteiger partial charge in [-0.15, -0.1) is 11.3 Å². The Labute approximate surface area is 117 Å². The van der Waals surface area contributed by atoms with Crippen LogP contribution in [-0.4, -0.2) is 12.9 Å². The lowest BCUT2D eigenvalue weighted by molar-refractivity contribution is 0.0948. The fourth-order valence-corrected chi connectivity index (χ4v) is 3.78. The van der Waals surface area contributed by atoms with Crippen LogP contribution in [-0.2, 0) is 6.42 Å². The molecule has 0 saturated heterocycles. The third kappa shape index (κ3) is 2.19. The summed E-state index contributed by atoms with van der Waals surface area (Å²) in [6, 6.07) is 9.61. The molecule has 0 radical (unpaired) electrons. The Morgan fingerprint density at radius 2 is 2.16 bits per heavy atom. The minimum absolute atomic E-state index is 0.00583. The Bertz CT molecular complexity index is 600. The molecule has 1 unspecified atom stereocenters. The van der Waals surface area contributed by atoms with Crippen LogP contribution >= 0.6 is 11.3 Å². The molecule has 0 fully saturated rings. The van der Waals surface area contributed by atoms with Crippen molar-refractivity contribution in [3.8, 4) is 5.75 Å². The van der Waals surface area contributed by atoms with E-state index in [1.165, 1.54) is 10.4 Å². The molecule has 1 atom stereocenters. The lowest BCUT2D eigenvalue weighted by Gasteiger charge is -2.22. The van der Waals surface area contributed by atoms with Crippen molar-refractivity contribution in [3.05, 3.63) is 51.7 Å². The molecule has 3 rings (SSSR count). The van der Waals surface area contributed by atoms with Crippen molar-refractivity contribution in [1.29, 1.82) is 0 Å². The first-order chi connectivity index (χ1) is 9.31. The van der Waals surface area contributed by atoms with E-state index in [2.05, 4.69) is 11.4 Å². The lowest BCUT2D eigenvalue weighted by Crippen LogP contribution is -2.18. The Morgan fingerprint density at radius 3 is 3.00 bits per heavy atom. The van der Waals surface area contributed by atoms with E-state index < -0.39 is 0 Å². The monoisotopic (exact) mass is 272 g/mol. The van der Waals surface area contributed by atoms with Crippen molar-refractivity contribution >= 4 is 17.1 Å². The van der Waals surface area contributed by atoms with Crippen LogP contribution in [0.2, 0.25) is 0 Å². The van der Waals surface area contributed by atoms with Crippen LogP contribution in [0.1, 0.15) is 39.6 Å². The third-order valence-corrected chi connectivity index (χ3v) is 4.74. The molecule has 1 aliphatic rings. The molecule has 0 aliphatic heterocycles. The molecule has 3 heteroatoms. The second-order valence-electron chi connectivity index (χ2n) is 4.81. The molecule has 0 spiro atoms. The molecule has 1 aromatic heterocycles. The van der Waals surface area contributed by atoms with Gasteiger partial charge in [0.15, 0.2) is 5.78 Å². The topological polar surface area (TPSA) is 26.3 Å². The van der Waals surface area contributed by atoms with Crippen LogP contribution in [0.5, 0.6) is 5.75 Å². The summed E-state index contributed by atoms with van der Waals surface area (Å²) in [7, 11) is 1.61. The zero-order chi connectivity index (χ0) is 13.2. The summed E-state index contributed by atoms with van der Waals surface area (Å²) < 4.78 is 5.31.